The van der Waals surface area contributed by atoms with Crippen LogP contribution in [0, 0.1) is 5.92 Å². The van der Waals surface area contributed by atoms with Crippen LogP contribution in [-0.2, 0) is 14.3 Å². The second-order valence-corrected chi connectivity index (χ2v) is 4.66. The number of carbonyl (C=O) groups is 1. The first-order valence-corrected chi connectivity index (χ1v) is 5.36. The lowest BCUT2D eigenvalue weighted by molar-refractivity contribution is -0.155. The summed E-state index contributed by atoms with van der Waals surface area (Å²) in [4.78, 5) is 11.0. The fraction of sp³-hybridized carbons (Fsp3) is 0.909. The first kappa shape index (κ1) is 12.5. The van der Waals surface area contributed by atoms with Crippen molar-refractivity contribution < 1.29 is 19.4 Å². The average molecular weight is 216 g/mol. The van der Waals surface area contributed by atoms with Gasteiger partial charge in [0.05, 0.1) is 17.6 Å². The quantitative estimate of drug-likeness (QED) is 0.776. The lowest BCUT2D eigenvalue weighted by Gasteiger charge is -2.34. The van der Waals surface area contributed by atoms with E-state index in [-0.39, 0.29) is 17.6 Å². The van der Waals surface area contributed by atoms with Crippen molar-refractivity contribution >= 4 is 5.97 Å². The zero-order valence-electron chi connectivity index (χ0n) is 9.66. The number of methoxy groups -OCH3 is 1. The van der Waals surface area contributed by atoms with Crippen LogP contribution < -0.4 is 0 Å². The number of hydrogen-bond acceptors (Lipinski definition) is 3. The summed E-state index contributed by atoms with van der Waals surface area (Å²) in [5.41, 5.74) is -0.324. The molecular weight excluding hydrogens is 196 g/mol. The molecule has 0 aromatic rings. The van der Waals surface area contributed by atoms with Gasteiger partial charge in [-0.1, -0.05) is 0 Å². The minimum Gasteiger partial charge on any atom is -0.481 e. The van der Waals surface area contributed by atoms with Crippen molar-refractivity contribution in [2.75, 3.05) is 13.7 Å². The molecule has 15 heavy (non-hydrogen) atoms. The monoisotopic (exact) mass is 216 g/mol. The summed E-state index contributed by atoms with van der Waals surface area (Å²) in [5, 5.41) is 9.06. The smallest absolute Gasteiger partial charge is 0.309 e. The van der Waals surface area contributed by atoms with E-state index in [9.17, 15) is 4.79 Å². The summed E-state index contributed by atoms with van der Waals surface area (Å²) in [5.74, 6) is -1.14. The maximum Gasteiger partial charge on any atom is 0.309 e. The van der Waals surface area contributed by atoms with Gasteiger partial charge in [-0.05, 0) is 26.7 Å². The van der Waals surface area contributed by atoms with Crippen molar-refractivity contribution in [3.05, 3.63) is 0 Å². The second kappa shape index (κ2) is 4.94. The van der Waals surface area contributed by atoms with E-state index in [4.69, 9.17) is 14.6 Å². The molecule has 1 N–H and O–H groups in total. The van der Waals surface area contributed by atoms with Crippen molar-refractivity contribution in [1.29, 1.82) is 0 Å². The van der Waals surface area contributed by atoms with Gasteiger partial charge in [-0.15, -0.1) is 0 Å². The van der Waals surface area contributed by atoms with Crippen molar-refractivity contribution in [3.8, 4) is 0 Å². The van der Waals surface area contributed by atoms with Crippen LogP contribution >= 0.6 is 0 Å². The third kappa shape index (κ3) is 3.47. The highest BCUT2D eigenvalue weighted by Crippen LogP contribution is 2.28. The molecule has 1 aliphatic heterocycles. The van der Waals surface area contributed by atoms with Gasteiger partial charge in [0.15, 0.2) is 0 Å². The van der Waals surface area contributed by atoms with E-state index in [1.165, 1.54) is 0 Å². The highest BCUT2D eigenvalue weighted by molar-refractivity contribution is 5.70. The van der Waals surface area contributed by atoms with Gasteiger partial charge in [0.2, 0.25) is 0 Å². The molecule has 88 valence electrons. The highest BCUT2D eigenvalue weighted by atomic mass is 16.5. The molecule has 1 heterocycles. The van der Waals surface area contributed by atoms with E-state index in [1.807, 2.05) is 13.8 Å². The van der Waals surface area contributed by atoms with E-state index in [0.717, 1.165) is 6.42 Å². The van der Waals surface area contributed by atoms with Gasteiger partial charge in [-0.25, -0.2) is 0 Å². The van der Waals surface area contributed by atoms with Gasteiger partial charge >= 0.3 is 5.97 Å². The maximum absolute atomic E-state index is 11.0. The zero-order chi connectivity index (χ0) is 11.5. The highest BCUT2D eigenvalue weighted by Gasteiger charge is 2.35. The first-order chi connectivity index (χ1) is 6.96. The standard InChI is InChI=1S/C11H20O4/c1-11(2,14-3)7-9-8(10(12)13)5-4-6-15-9/h8-9H,4-7H2,1-3H3,(H,12,13). The van der Waals surface area contributed by atoms with Crippen LogP contribution in [0.15, 0.2) is 0 Å². The zero-order valence-corrected chi connectivity index (χ0v) is 9.66. The molecule has 1 aliphatic rings. The molecule has 1 rings (SSSR count). The molecule has 1 saturated heterocycles. The fourth-order valence-corrected chi connectivity index (χ4v) is 1.89. The lowest BCUT2D eigenvalue weighted by atomic mass is 9.87. The van der Waals surface area contributed by atoms with Crippen LogP contribution in [-0.4, -0.2) is 36.5 Å². The molecule has 0 bridgehead atoms. The Kier molecular flexibility index (Phi) is 4.11. The topological polar surface area (TPSA) is 55.8 Å². The van der Waals surface area contributed by atoms with Crippen LogP contribution in [0.4, 0.5) is 0 Å². The van der Waals surface area contributed by atoms with E-state index in [1.54, 1.807) is 7.11 Å². The Morgan fingerprint density at radius 3 is 2.80 bits per heavy atom. The second-order valence-electron chi connectivity index (χ2n) is 4.66. The van der Waals surface area contributed by atoms with Gasteiger partial charge in [0, 0.05) is 20.1 Å². The Bertz CT molecular complexity index is 225. The molecule has 1 fully saturated rings. The van der Waals surface area contributed by atoms with Crippen LogP contribution in [0.3, 0.4) is 0 Å². The third-order valence-corrected chi connectivity index (χ3v) is 3.00. The van der Waals surface area contributed by atoms with Crippen LogP contribution in [0.25, 0.3) is 0 Å². The van der Waals surface area contributed by atoms with Crippen LogP contribution in [0.2, 0.25) is 0 Å². The molecule has 0 aliphatic carbocycles. The number of hydrogen-bond donors (Lipinski definition) is 1. The minimum atomic E-state index is -0.758. The molecule has 2 atom stereocenters. The Morgan fingerprint density at radius 2 is 2.27 bits per heavy atom. The van der Waals surface area contributed by atoms with Crippen LogP contribution in [0.5, 0.6) is 0 Å². The number of ether oxygens (including phenoxy) is 2. The van der Waals surface area contributed by atoms with Gasteiger partial charge < -0.3 is 14.6 Å². The number of aliphatic carboxylic acids is 1. The average Bonchev–Trinajstić information content (AvgIpc) is 2.18. The Labute approximate surface area is 90.6 Å². The van der Waals surface area contributed by atoms with E-state index in [2.05, 4.69) is 0 Å². The molecule has 4 nitrogen and oxygen atoms in total. The minimum absolute atomic E-state index is 0.216. The molecule has 0 aromatic carbocycles. The van der Waals surface area contributed by atoms with E-state index >= 15 is 0 Å². The summed E-state index contributed by atoms with van der Waals surface area (Å²) < 4.78 is 10.8. The maximum atomic E-state index is 11.0. The largest absolute Gasteiger partial charge is 0.481 e. The number of carboxylic acids is 1. The first-order valence-electron chi connectivity index (χ1n) is 5.36. The summed E-state index contributed by atoms with van der Waals surface area (Å²) in [6, 6.07) is 0. The SMILES string of the molecule is COC(C)(C)CC1OCCCC1C(=O)O. The Hall–Kier alpha value is -0.610. The molecule has 0 spiro atoms. The van der Waals surface area contributed by atoms with Crippen molar-refractivity contribution in [1.82, 2.24) is 0 Å². The summed E-state index contributed by atoms with van der Waals surface area (Å²) >= 11 is 0. The predicted octanol–water partition coefficient (Wildman–Crippen LogP) is 1.68. The number of rotatable bonds is 4. The third-order valence-electron chi connectivity index (χ3n) is 3.00. The van der Waals surface area contributed by atoms with Gasteiger partial charge in [0.1, 0.15) is 0 Å². The molecule has 0 saturated carbocycles. The van der Waals surface area contributed by atoms with E-state index < -0.39 is 5.97 Å². The number of carboxylic acid groups (broad SMARTS) is 1. The fourth-order valence-electron chi connectivity index (χ4n) is 1.89. The Morgan fingerprint density at radius 1 is 1.60 bits per heavy atom. The summed E-state index contributed by atoms with van der Waals surface area (Å²) in [6.07, 6.45) is 1.95. The van der Waals surface area contributed by atoms with E-state index in [0.29, 0.717) is 19.4 Å². The molecule has 2 unspecified atom stereocenters. The Balaban J connectivity index is 2.61. The molecule has 4 heteroatoms. The summed E-state index contributed by atoms with van der Waals surface area (Å²) in [6.45, 7) is 4.56. The van der Waals surface area contributed by atoms with Crippen molar-refractivity contribution in [2.45, 2.75) is 44.8 Å². The lowest BCUT2D eigenvalue weighted by Crippen LogP contribution is -2.40. The van der Waals surface area contributed by atoms with Gasteiger partial charge in [0.25, 0.3) is 0 Å². The molecule has 0 aromatic heterocycles. The van der Waals surface area contributed by atoms with Crippen molar-refractivity contribution in [2.24, 2.45) is 5.92 Å². The molecular formula is C11H20O4. The predicted molar refractivity (Wildman–Crippen MR) is 55.8 cm³/mol. The van der Waals surface area contributed by atoms with Crippen molar-refractivity contribution in [3.63, 3.8) is 0 Å². The van der Waals surface area contributed by atoms with Gasteiger partial charge in [-0.3, -0.25) is 4.79 Å². The molecule has 0 amide bonds. The summed E-state index contributed by atoms with van der Waals surface area (Å²) in [7, 11) is 1.64. The van der Waals surface area contributed by atoms with Crippen LogP contribution in [0.1, 0.15) is 33.1 Å². The normalized spacial score (nSPS) is 27.7. The molecule has 0 radical (unpaired) electrons. The van der Waals surface area contributed by atoms with Gasteiger partial charge in [-0.2, -0.15) is 0 Å².